The summed E-state index contributed by atoms with van der Waals surface area (Å²) in [4.78, 5) is 13.7. The van der Waals surface area contributed by atoms with Gasteiger partial charge < -0.3 is 4.74 Å². The highest BCUT2D eigenvalue weighted by atomic mass is 16.5. The fraction of sp³-hybridized carbons (Fsp3) is 0.562. The number of hydrogen-bond acceptors (Lipinski definition) is 3. The van der Waals surface area contributed by atoms with Crippen molar-refractivity contribution in [3.8, 4) is 11.8 Å². The maximum Gasteiger partial charge on any atom is 0.321 e. The highest BCUT2D eigenvalue weighted by Crippen LogP contribution is 2.41. The van der Waals surface area contributed by atoms with E-state index in [0.29, 0.717) is 17.2 Å². The molecule has 0 N–H and O–H groups in total. The minimum atomic E-state index is -0.625. The molecule has 3 nitrogen and oxygen atoms in total. The van der Waals surface area contributed by atoms with E-state index in [0.717, 1.165) is 56.1 Å². The van der Waals surface area contributed by atoms with Gasteiger partial charge >= 0.3 is 5.97 Å². The second-order valence-corrected chi connectivity index (χ2v) is 10.5. The van der Waals surface area contributed by atoms with Crippen LogP contribution in [0.3, 0.4) is 0 Å². The number of nitrogens with zero attached hydrogens (tertiary/aromatic N) is 1. The fourth-order valence-corrected chi connectivity index (χ4v) is 5.41. The summed E-state index contributed by atoms with van der Waals surface area (Å²) in [6.45, 7) is 6.65. The molecule has 2 aromatic carbocycles. The number of carbonyl (C=O) groups excluding carboxylic acids is 1. The number of rotatable bonds is 12. The molecule has 0 aromatic heterocycles. The van der Waals surface area contributed by atoms with Gasteiger partial charge in [0, 0.05) is 0 Å². The number of benzene rings is 2. The normalized spacial score (nSPS) is 15.8. The van der Waals surface area contributed by atoms with Gasteiger partial charge in [-0.3, -0.25) is 4.79 Å². The highest BCUT2D eigenvalue weighted by Gasteiger charge is 2.43. The molecule has 35 heavy (non-hydrogen) atoms. The van der Waals surface area contributed by atoms with Crippen LogP contribution in [0.2, 0.25) is 0 Å². The van der Waals surface area contributed by atoms with Crippen molar-refractivity contribution >= 4 is 5.97 Å². The van der Waals surface area contributed by atoms with Crippen molar-refractivity contribution in [3.05, 3.63) is 64.7 Å². The molecule has 1 fully saturated rings. The van der Waals surface area contributed by atoms with E-state index in [1.807, 2.05) is 18.2 Å². The van der Waals surface area contributed by atoms with E-state index in [1.165, 1.54) is 44.1 Å². The quantitative estimate of drug-likeness (QED) is 0.176. The van der Waals surface area contributed by atoms with E-state index in [-0.39, 0.29) is 5.97 Å². The van der Waals surface area contributed by atoms with Crippen LogP contribution in [0.1, 0.15) is 126 Å². The maximum atomic E-state index is 13.7. The standard InChI is InChI=1S/C32H43NO2/c1-4-6-8-10-13-25(3)27-17-20-30(28(23-27)24-33)35-31(34)32(21-11-9-12-22-32)29-18-15-26(16-19-29)14-7-5-2/h15-20,23,25H,4-14,21-22H2,1-3H3. The van der Waals surface area contributed by atoms with Crippen molar-refractivity contribution in [1.29, 1.82) is 5.26 Å². The summed E-state index contributed by atoms with van der Waals surface area (Å²) in [5.41, 5.74) is 3.35. The Hall–Kier alpha value is -2.60. The predicted octanol–water partition coefficient (Wildman–Crippen LogP) is 8.78. The van der Waals surface area contributed by atoms with Crippen molar-refractivity contribution < 1.29 is 9.53 Å². The summed E-state index contributed by atoms with van der Waals surface area (Å²) in [7, 11) is 0. The number of nitriles is 1. The lowest BCUT2D eigenvalue weighted by molar-refractivity contribution is -0.142. The zero-order chi connectivity index (χ0) is 25.1. The smallest absolute Gasteiger partial charge is 0.321 e. The number of unbranched alkanes of at least 4 members (excludes halogenated alkanes) is 4. The van der Waals surface area contributed by atoms with Gasteiger partial charge in [-0.1, -0.05) is 102 Å². The van der Waals surface area contributed by atoms with Crippen LogP contribution in [0.4, 0.5) is 0 Å². The lowest BCUT2D eigenvalue weighted by Gasteiger charge is -2.35. The van der Waals surface area contributed by atoms with Crippen LogP contribution in [-0.4, -0.2) is 5.97 Å². The molecule has 0 aliphatic heterocycles. The van der Waals surface area contributed by atoms with Crippen molar-refractivity contribution in [2.24, 2.45) is 0 Å². The Labute approximate surface area is 212 Å². The zero-order valence-corrected chi connectivity index (χ0v) is 22.1. The molecule has 3 rings (SSSR count). The first-order chi connectivity index (χ1) is 17.0. The van der Waals surface area contributed by atoms with Gasteiger partial charge in [-0.05, 0) is 66.8 Å². The summed E-state index contributed by atoms with van der Waals surface area (Å²) in [6, 6.07) is 16.7. The minimum Gasteiger partial charge on any atom is -0.424 e. The van der Waals surface area contributed by atoms with Crippen LogP contribution in [0.25, 0.3) is 0 Å². The molecule has 0 bridgehead atoms. The van der Waals surface area contributed by atoms with Crippen LogP contribution >= 0.6 is 0 Å². The molecule has 1 aliphatic rings. The zero-order valence-electron chi connectivity index (χ0n) is 22.1. The van der Waals surface area contributed by atoms with Crippen molar-refractivity contribution in [1.82, 2.24) is 0 Å². The Kier molecular flexibility index (Phi) is 10.4. The molecule has 1 atom stereocenters. The minimum absolute atomic E-state index is 0.213. The fourth-order valence-electron chi connectivity index (χ4n) is 5.41. The van der Waals surface area contributed by atoms with Gasteiger partial charge in [0.05, 0.1) is 11.0 Å². The Bertz CT molecular complexity index is 980. The molecule has 3 heteroatoms. The van der Waals surface area contributed by atoms with E-state index in [1.54, 1.807) is 0 Å². The van der Waals surface area contributed by atoms with Crippen LogP contribution in [0, 0.1) is 11.3 Å². The van der Waals surface area contributed by atoms with Gasteiger partial charge in [0.15, 0.2) is 0 Å². The van der Waals surface area contributed by atoms with Gasteiger partial charge in [-0.2, -0.15) is 5.26 Å². The number of carbonyl (C=O) groups is 1. The van der Waals surface area contributed by atoms with Gasteiger partial charge in [0.1, 0.15) is 11.8 Å². The first-order valence-electron chi connectivity index (χ1n) is 13.9. The SMILES string of the molecule is CCCCCCC(C)c1ccc(OC(=O)C2(c3ccc(CCCC)cc3)CCCCC2)c(C#N)c1. The predicted molar refractivity (Wildman–Crippen MR) is 144 cm³/mol. The molecule has 0 radical (unpaired) electrons. The van der Waals surface area contributed by atoms with Crippen LogP contribution in [0.15, 0.2) is 42.5 Å². The Morgan fingerprint density at radius 1 is 0.971 bits per heavy atom. The maximum absolute atomic E-state index is 13.7. The first kappa shape index (κ1) is 27.0. The van der Waals surface area contributed by atoms with E-state index < -0.39 is 5.41 Å². The number of aryl methyl sites for hydroxylation is 1. The van der Waals surface area contributed by atoms with Gasteiger partial charge in [0.2, 0.25) is 0 Å². The molecule has 1 unspecified atom stereocenters. The van der Waals surface area contributed by atoms with Crippen LogP contribution in [-0.2, 0) is 16.6 Å². The average molecular weight is 474 g/mol. The van der Waals surface area contributed by atoms with E-state index in [9.17, 15) is 10.1 Å². The molecular weight excluding hydrogens is 430 g/mol. The molecule has 188 valence electrons. The number of hydrogen-bond donors (Lipinski definition) is 0. The lowest BCUT2D eigenvalue weighted by atomic mass is 9.69. The Morgan fingerprint density at radius 3 is 2.34 bits per heavy atom. The van der Waals surface area contributed by atoms with Crippen molar-refractivity contribution in [3.63, 3.8) is 0 Å². The third kappa shape index (κ3) is 6.97. The third-order valence-electron chi connectivity index (χ3n) is 7.81. The average Bonchev–Trinajstić information content (AvgIpc) is 2.90. The van der Waals surface area contributed by atoms with E-state index >= 15 is 0 Å². The monoisotopic (exact) mass is 473 g/mol. The molecule has 0 amide bonds. The second-order valence-electron chi connectivity index (χ2n) is 10.5. The Morgan fingerprint density at radius 2 is 1.69 bits per heavy atom. The second kappa shape index (κ2) is 13.5. The third-order valence-corrected chi connectivity index (χ3v) is 7.81. The molecule has 0 spiro atoms. The van der Waals surface area contributed by atoms with Gasteiger partial charge in [-0.15, -0.1) is 0 Å². The summed E-state index contributed by atoms with van der Waals surface area (Å²) in [5.74, 6) is 0.568. The number of esters is 1. The van der Waals surface area contributed by atoms with Crippen molar-refractivity contribution in [2.45, 2.75) is 116 Å². The summed E-state index contributed by atoms with van der Waals surface area (Å²) in [6.07, 6.45) is 14.3. The van der Waals surface area contributed by atoms with Crippen LogP contribution in [0.5, 0.6) is 5.75 Å². The van der Waals surface area contributed by atoms with Crippen LogP contribution < -0.4 is 4.74 Å². The van der Waals surface area contributed by atoms with E-state index in [2.05, 4.69) is 51.1 Å². The topological polar surface area (TPSA) is 50.1 Å². The van der Waals surface area contributed by atoms with Crippen molar-refractivity contribution in [2.75, 3.05) is 0 Å². The molecule has 2 aromatic rings. The molecule has 0 saturated heterocycles. The molecule has 0 heterocycles. The highest BCUT2D eigenvalue weighted by molar-refractivity contribution is 5.85. The molecular formula is C32H43NO2. The van der Waals surface area contributed by atoms with Gasteiger partial charge in [-0.25, -0.2) is 0 Å². The summed E-state index contributed by atoms with van der Waals surface area (Å²) in [5, 5.41) is 9.84. The number of ether oxygens (including phenoxy) is 1. The van der Waals surface area contributed by atoms with E-state index in [4.69, 9.17) is 4.74 Å². The summed E-state index contributed by atoms with van der Waals surface area (Å²) < 4.78 is 6.02. The molecule has 1 saturated carbocycles. The molecule has 1 aliphatic carbocycles. The summed E-state index contributed by atoms with van der Waals surface area (Å²) >= 11 is 0. The first-order valence-corrected chi connectivity index (χ1v) is 13.9. The Balaban J connectivity index is 1.78. The largest absolute Gasteiger partial charge is 0.424 e. The van der Waals surface area contributed by atoms with Gasteiger partial charge in [0.25, 0.3) is 0 Å². The lowest BCUT2D eigenvalue weighted by Crippen LogP contribution is -2.41.